The highest BCUT2D eigenvalue weighted by Crippen LogP contribution is 2.29. The quantitative estimate of drug-likeness (QED) is 0.858. The van der Waals surface area contributed by atoms with Gasteiger partial charge in [-0.3, -0.25) is 9.69 Å². The average molecular weight is 320 g/mol. The first kappa shape index (κ1) is 16.5. The van der Waals surface area contributed by atoms with Gasteiger partial charge in [-0.25, -0.2) is 0 Å². The van der Waals surface area contributed by atoms with Crippen LogP contribution in [0.2, 0.25) is 0 Å². The predicted molar refractivity (Wildman–Crippen MR) is 88.8 cm³/mol. The first-order valence-electron chi connectivity index (χ1n) is 8.70. The normalized spacial score (nSPS) is 26.0. The summed E-state index contributed by atoms with van der Waals surface area (Å²) in [4.78, 5) is 17.5. The first-order chi connectivity index (χ1) is 11.0. The van der Waals surface area contributed by atoms with Gasteiger partial charge >= 0.3 is 0 Å². The molecule has 2 aliphatic heterocycles. The van der Waals surface area contributed by atoms with Crippen LogP contribution in [-0.4, -0.2) is 61.1 Å². The lowest BCUT2D eigenvalue weighted by molar-refractivity contribution is 0.0103. The van der Waals surface area contributed by atoms with Gasteiger partial charge < -0.3 is 14.1 Å². The summed E-state index contributed by atoms with van der Waals surface area (Å²) in [6.07, 6.45) is 1.11. The van der Waals surface area contributed by atoms with Gasteiger partial charge in [0.1, 0.15) is 11.5 Å². The monoisotopic (exact) mass is 320 g/mol. The standard InChI is InChI=1S/C18H28N2O3/c1-5-15-10-20(11-16(15)19-6-8-22-9-7-19)18(21)17-12(2)13(3)23-14(17)4/h15-16H,5-11H2,1-4H3/t15-,16-/m0/s1. The highest BCUT2D eigenvalue weighted by molar-refractivity contribution is 5.97. The molecule has 0 aromatic carbocycles. The number of carbonyl (C=O) groups is 1. The Kier molecular flexibility index (Phi) is 4.78. The van der Waals surface area contributed by atoms with Crippen LogP contribution in [0.1, 0.15) is 40.8 Å². The van der Waals surface area contributed by atoms with Gasteiger partial charge in [0.05, 0.1) is 18.8 Å². The molecule has 0 unspecified atom stereocenters. The summed E-state index contributed by atoms with van der Waals surface area (Å²) < 4.78 is 11.1. The van der Waals surface area contributed by atoms with E-state index in [0.29, 0.717) is 12.0 Å². The van der Waals surface area contributed by atoms with Gasteiger partial charge in [0.15, 0.2) is 0 Å². The van der Waals surface area contributed by atoms with Gasteiger partial charge in [-0.2, -0.15) is 0 Å². The number of morpholine rings is 1. The molecule has 2 fully saturated rings. The number of nitrogens with zero attached hydrogens (tertiary/aromatic N) is 2. The van der Waals surface area contributed by atoms with Gasteiger partial charge in [0.2, 0.25) is 0 Å². The number of aryl methyl sites for hydroxylation is 2. The van der Waals surface area contributed by atoms with Crippen molar-refractivity contribution >= 4 is 5.91 Å². The smallest absolute Gasteiger partial charge is 0.257 e. The summed E-state index contributed by atoms with van der Waals surface area (Å²) >= 11 is 0. The number of rotatable bonds is 3. The molecule has 3 rings (SSSR count). The predicted octanol–water partition coefficient (Wildman–Crippen LogP) is 2.39. The van der Waals surface area contributed by atoms with E-state index < -0.39 is 0 Å². The molecular weight excluding hydrogens is 292 g/mol. The van der Waals surface area contributed by atoms with E-state index in [9.17, 15) is 4.79 Å². The zero-order valence-electron chi connectivity index (χ0n) is 14.7. The van der Waals surface area contributed by atoms with Crippen molar-refractivity contribution in [1.82, 2.24) is 9.80 Å². The number of ether oxygens (including phenoxy) is 1. The second-order valence-electron chi connectivity index (χ2n) is 6.81. The summed E-state index contributed by atoms with van der Waals surface area (Å²) in [6.45, 7) is 13.3. The van der Waals surface area contributed by atoms with Crippen molar-refractivity contribution in [1.29, 1.82) is 0 Å². The topological polar surface area (TPSA) is 45.9 Å². The first-order valence-corrected chi connectivity index (χ1v) is 8.70. The second-order valence-corrected chi connectivity index (χ2v) is 6.81. The molecule has 0 N–H and O–H groups in total. The maximum atomic E-state index is 13.0. The van der Waals surface area contributed by atoms with Crippen molar-refractivity contribution < 1.29 is 13.9 Å². The highest BCUT2D eigenvalue weighted by atomic mass is 16.5. The third kappa shape index (κ3) is 3.04. The van der Waals surface area contributed by atoms with E-state index in [-0.39, 0.29) is 5.91 Å². The van der Waals surface area contributed by atoms with Crippen LogP contribution in [0.25, 0.3) is 0 Å². The molecule has 0 spiro atoms. The SMILES string of the molecule is CC[C@H]1CN(C(=O)c2c(C)oc(C)c2C)C[C@@H]1N1CCOCC1. The number of carbonyl (C=O) groups excluding carboxylic acids is 1. The lowest BCUT2D eigenvalue weighted by atomic mass is 9.99. The van der Waals surface area contributed by atoms with Crippen molar-refractivity contribution in [3.05, 3.63) is 22.6 Å². The molecular formula is C18H28N2O3. The molecule has 0 radical (unpaired) electrons. The summed E-state index contributed by atoms with van der Waals surface area (Å²) in [6, 6.07) is 0.460. The maximum absolute atomic E-state index is 13.0. The molecule has 0 bridgehead atoms. The molecule has 128 valence electrons. The van der Waals surface area contributed by atoms with Gasteiger partial charge in [-0.1, -0.05) is 13.3 Å². The zero-order chi connectivity index (χ0) is 16.6. The third-order valence-electron chi connectivity index (χ3n) is 5.51. The van der Waals surface area contributed by atoms with Crippen molar-refractivity contribution in [3.8, 4) is 0 Å². The van der Waals surface area contributed by atoms with Crippen LogP contribution < -0.4 is 0 Å². The fraction of sp³-hybridized carbons (Fsp3) is 0.722. The minimum atomic E-state index is 0.131. The summed E-state index contributed by atoms with van der Waals surface area (Å²) in [5, 5.41) is 0. The van der Waals surface area contributed by atoms with Gasteiger partial charge in [0.25, 0.3) is 5.91 Å². The lowest BCUT2D eigenvalue weighted by Crippen LogP contribution is -2.47. The summed E-state index contributed by atoms with van der Waals surface area (Å²) in [7, 11) is 0. The molecule has 0 saturated carbocycles. The maximum Gasteiger partial charge on any atom is 0.257 e. The molecule has 2 aliphatic rings. The van der Waals surface area contributed by atoms with E-state index >= 15 is 0 Å². The number of hydrogen-bond donors (Lipinski definition) is 0. The van der Waals surface area contributed by atoms with Crippen LogP contribution in [0.15, 0.2) is 4.42 Å². The molecule has 2 saturated heterocycles. The zero-order valence-corrected chi connectivity index (χ0v) is 14.7. The summed E-state index contributed by atoms with van der Waals surface area (Å²) in [5.41, 5.74) is 1.75. The average Bonchev–Trinajstić information content (AvgIpc) is 3.09. The fourth-order valence-electron chi connectivity index (χ4n) is 4.01. The molecule has 3 heterocycles. The van der Waals surface area contributed by atoms with Gasteiger partial charge in [-0.15, -0.1) is 0 Å². The Hall–Kier alpha value is -1.33. The Morgan fingerprint density at radius 2 is 1.83 bits per heavy atom. The highest BCUT2D eigenvalue weighted by Gasteiger charge is 2.39. The van der Waals surface area contributed by atoms with Crippen LogP contribution in [0.4, 0.5) is 0 Å². The van der Waals surface area contributed by atoms with E-state index in [0.717, 1.165) is 68.5 Å². The Balaban J connectivity index is 1.77. The lowest BCUT2D eigenvalue weighted by Gasteiger charge is -2.34. The molecule has 23 heavy (non-hydrogen) atoms. The van der Waals surface area contributed by atoms with E-state index in [1.807, 2.05) is 25.7 Å². The largest absolute Gasteiger partial charge is 0.466 e. The molecule has 5 heteroatoms. The van der Waals surface area contributed by atoms with Crippen LogP contribution in [0, 0.1) is 26.7 Å². The van der Waals surface area contributed by atoms with Crippen LogP contribution in [0.5, 0.6) is 0 Å². The number of amides is 1. The molecule has 2 atom stereocenters. The van der Waals surface area contributed by atoms with Crippen molar-refractivity contribution in [2.75, 3.05) is 39.4 Å². The number of hydrogen-bond acceptors (Lipinski definition) is 4. The Labute approximate surface area is 138 Å². The van der Waals surface area contributed by atoms with Crippen LogP contribution in [0.3, 0.4) is 0 Å². The van der Waals surface area contributed by atoms with Crippen molar-refractivity contribution in [2.45, 2.75) is 40.2 Å². The van der Waals surface area contributed by atoms with E-state index in [2.05, 4.69) is 11.8 Å². The summed E-state index contributed by atoms with van der Waals surface area (Å²) in [5.74, 6) is 2.27. The fourth-order valence-corrected chi connectivity index (χ4v) is 4.01. The molecule has 1 aromatic rings. The van der Waals surface area contributed by atoms with Gasteiger partial charge in [0, 0.05) is 37.8 Å². The molecule has 0 aliphatic carbocycles. The van der Waals surface area contributed by atoms with Crippen LogP contribution >= 0.6 is 0 Å². The van der Waals surface area contributed by atoms with E-state index in [1.165, 1.54) is 0 Å². The van der Waals surface area contributed by atoms with Crippen LogP contribution in [-0.2, 0) is 4.74 Å². The van der Waals surface area contributed by atoms with Crippen molar-refractivity contribution in [3.63, 3.8) is 0 Å². The molecule has 1 aromatic heterocycles. The number of furan rings is 1. The minimum absolute atomic E-state index is 0.131. The third-order valence-corrected chi connectivity index (χ3v) is 5.51. The Morgan fingerprint density at radius 1 is 1.13 bits per heavy atom. The van der Waals surface area contributed by atoms with E-state index in [1.54, 1.807) is 0 Å². The van der Waals surface area contributed by atoms with E-state index in [4.69, 9.17) is 9.15 Å². The second kappa shape index (κ2) is 6.65. The number of likely N-dealkylation sites (tertiary alicyclic amines) is 1. The van der Waals surface area contributed by atoms with Gasteiger partial charge in [-0.05, 0) is 26.7 Å². The Bertz CT molecular complexity index is 575. The Morgan fingerprint density at radius 3 is 2.39 bits per heavy atom. The minimum Gasteiger partial charge on any atom is -0.466 e. The van der Waals surface area contributed by atoms with Crippen molar-refractivity contribution in [2.24, 2.45) is 5.92 Å². The molecule has 1 amide bonds. The molecule has 5 nitrogen and oxygen atoms in total.